The second-order valence-electron chi connectivity index (χ2n) is 4.62. The fourth-order valence-electron chi connectivity index (χ4n) is 2.47. The number of halogens is 1. The number of carbonyl (C=O) groups excluding carboxylic acids is 1. The molecule has 1 atom stereocenters. The number of amides is 1. The van der Waals surface area contributed by atoms with Crippen molar-refractivity contribution in [3.8, 4) is 0 Å². The van der Waals surface area contributed by atoms with Crippen LogP contribution in [0.4, 0.5) is 0 Å². The van der Waals surface area contributed by atoms with Crippen molar-refractivity contribution >= 4 is 17.5 Å². The number of likely N-dealkylation sites (tertiary alicyclic amines) is 1. The van der Waals surface area contributed by atoms with Gasteiger partial charge in [0.2, 0.25) is 5.91 Å². The van der Waals surface area contributed by atoms with Crippen LogP contribution >= 0.6 is 11.6 Å². The number of rotatable bonds is 3. The quantitative estimate of drug-likeness (QED) is 0.743. The molecule has 86 valence electrons. The van der Waals surface area contributed by atoms with Crippen LogP contribution in [0.3, 0.4) is 0 Å². The third kappa shape index (κ3) is 2.85. The van der Waals surface area contributed by atoms with Gasteiger partial charge in [-0.25, -0.2) is 0 Å². The minimum atomic E-state index is -0.0304. The molecule has 15 heavy (non-hydrogen) atoms. The fourth-order valence-corrected chi connectivity index (χ4v) is 2.55. The Morgan fingerprint density at radius 2 is 2.13 bits per heavy atom. The van der Waals surface area contributed by atoms with Crippen LogP contribution in [-0.2, 0) is 4.79 Å². The maximum absolute atomic E-state index is 11.2. The van der Waals surface area contributed by atoms with Gasteiger partial charge in [-0.2, -0.15) is 0 Å². The molecule has 0 aromatic rings. The van der Waals surface area contributed by atoms with Crippen molar-refractivity contribution in [2.75, 3.05) is 19.0 Å². The van der Waals surface area contributed by atoms with Crippen molar-refractivity contribution in [3.05, 3.63) is 0 Å². The zero-order valence-corrected chi connectivity index (χ0v) is 9.80. The maximum Gasteiger partial charge on any atom is 0.235 e. The van der Waals surface area contributed by atoms with Crippen LogP contribution in [0, 0.1) is 0 Å². The van der Waals surface area contributed by atoms with Crippen molar-refractivity contribution in [1.29, 1.82) is 0 Å². The molecule has 1 saturated carbocycles. The summed E-state index contributed by atoms with van der Waals surface area (Å²) in [6, 6.07) is 1.12. The van der Waals surface area contributed by atoms with E-state index in [0.29, 0.717) is 6.04 Å². The smallest absolute Gasteiger partial charge is 0.235 e. The topological polar surface area (TPSA) is 32.3 Å². The molecule has 2 fully saturated rings. The molecule has 0 spiro atoms. The van der Waals surface area contributed by atoms with E-state index >= 15 is 0 Å². The molecule has 1 saturated heterocycles. The molecule has 1 heterocycles. The minimum Gasteiger partial charge on any atom is -0.351 e. The third-order valence-electron chi connectivity index (χ3n) is 3.53. The molecule has 1 unspecified atom stereocenters. The Kier molecular flexibility index (Phi) is 3.87. The number of piperidine rings is 1. The van der Waals surface area contributed by atoms with Gasteiger partial charge in [-0.1, -0.05) is 6.42 Å². The van der Waals surface area contributed by atoms with Gasteiger partial charge in [0.1, 0.15) is 5.88 Å². The van der Waals surface area contributed by atoms with Gasteiger partial charge in [-0.3, -0.25) is 9.69 Å². The van der Waals surface area contributed by atoms with Gasteiger partial charge in [-0.15, -0.1) is 11.6 Å². The summed E-state index contributed by atoms with van der Waals surface area (Å²) in [5, 5.41) is 2.99. The molecule has 3 nitrogen and oxygen atoms in total. The van der Waals surface area contributed by atoms with E-state index in [4.69, 9.17) is 11.6 Å². The lowest BCUT2D eigenvalue weighted by atomic mass is 9.89. The number of hydrogen-bond donors (Lipinski definition) is 1. The predicted molar refractivity (Wildman–Crippen MR) is 61.1 cm³/mol. The molecular formula is C11H19ClN2O. The SMILES string of the molecule is O=C(CCl)NC1CCCN(C2CCC2)C1. The van der Waals surface area contributed by atoms with Gasteiger partial charge in [0, 0.05) is 18.6 Å². The van der Waals surface area contributed by atoms with E-state index in [1.165, 1.54) is 32.2 Å². The van der Waals surface area contributed by atoms with E-state index in [-0.39, 0.29) is 11.8 Å². The molecular weight excluding hydrogens is 212 g/mol. The zero-order chi connectivity index (χ0) is 10.7. The lowest BCUT2D eigenvalue weighted by Crippen LogP contribution is -2.52. The summed E-state index contributed by atoms with van der Waals surface area (Å²) in [6.45, 7) is 2.23. The summed E-state index contributed by atoms with van der Waals surface area (Å²) in [5.74, 6) is 0.0528. The largest absolute Gasteiger partial charge is 0.351 e. The van der Waals surface area contributed by atoms with Crippen LogP contribution in [0.15, 0.2) is 0 Å². The summed E-state index contributed by atoms with van der Waals surface area (Å²) in [5.41, 5.74) is 0. The highest BCUT2D eigenvalue weighted by molar-refractivity contribution is 6.27. The maximum atomic E-state index is 11.2. The second-order valence-corrected chi connectivity index (χ2v) is 4.89. The van der Waals surface area contributed by atoms with Crippen molar-refractivity contribution in [3.63, 3.8) is 0 Å². The van der Waals surface area contributed by atoms with Crippen LogP contribution in [-0.4, -0.2) is 41.9 Å². The Bertz CT molecular complexity index is 231. The number of carbonyl (C=O) groups is 1. The molecule has 0 aromatic carbocycles. The minimum absolute atomic E-state index is 0.0304. The van der Waals surface area contributed by atoms with Gasteiger partial charge < -0.3 is 5.32 Å². The Morgan fingerprint density at radius 3 is 2.73 bits per heavy atom. The first-order valence-electron chi connectivity index (χ1n) is 5.89. The van der Waals surface area contributed by atoms with Gasteiger partial charge in [0.25, 0.3) is 0 Å². The van der Waals surface area contributed by atoms with Gasteiger partial charge in [0.05, 0.1) is 0 Å². The first-order valence-corrected chi connectivity index (χ1v) is 6.42. The molecule has 4 heteroatoms. The molecule has 2 aliphatic rings. The highest BCUT2D eigenvalue weighted by Crippen LogP contribution is 2.27. The average molecular weight is 231 g/mol. The van der Waals surface area contributed by atoms with Crippen molar-refractivity contribution < 1.29 is 4.79 Å². The molecule has 0 aromatic heterocycles. The Balaban J connectivity index is 1.78. The normalized spacial score (nSPS) is 28.5. The molecule has 2 rings (SSSR count). The number of nitrogens with one attached hydrogen (secondary N) is 1. The van der Waals surface area contributed by atoms with Gasteiger partial charge in [0.15, 0.2) is 0 Å². The summed E-state index contributed by atoms with van der Waals surface area (Å²) >= 11 is 5.48. The van der Waals surface area contributed by atoms with E-state index < -0.39 is 0 Å². The molecule has 1 aliphatic carbocycles. The first-order chi connectivity index (χ1) is 7.29. The number of alkyl halides is 1. The predicted octanol–water partition coefficient (Wildman–Crippen LogP) is 1.36. The van der Waals surface area contributed by atoms with E-state index in [2.05, 4.69) is 10.2 Å². The number of hydrogen-bond acceptors (Lipinski definition) is 2. The van der Waals surface area contributed by atoms with Crippen molar-refractivity contribution in [2.45, 2.75) is 44.2 Å². The van der Waals surface area contributed by atoms with E-state index in [1.54, 1.807) is 0 Å². The van der Waals surface area contributed by atoms with E-state index in [0.717, 1.165) is 19.0 Å². The monoisotopic (exact) mass is 230 g/mol. The first kappa shape index (κ1) is 11.2. The lowest BCUT2D eigenvalue weighted by molar-refractivity contribution is -0.119. The van der Waals surface area contributed by atoms with E-state index in [9.17, 15) is 4.79 Å². The van der Waals surface area contributed by atoms with Crippen molar-refractivity contribution in [1.82, 2.24) is 10.2 Å². The Morgan fingerprint density at radius 1 is 1.33 bits per heavy atom. The zero-order valence-electron chi connectivity index (χ0n) is 9.04. The Hall–Kier alpha value is -0.280. The molecule has 0 radical (unpaired) electrons. The number of nitrogens with zero attached hydrogens (tertiary/aromatic N) is 1. The molecule has 1 N–H and O–H groups in total. The highest BCUT2D eigenvalue weighted by Gasteiger charge is 2.29. The fraction of sp³-hybridized carbons (Fsp3) is 0.909. The van der Waals surface area contributed by atoms with Crippen LogP contribution < -0.4 is 5.32 Å². The van der Waals surface area contributed by atoms with Crippen LogP contribution in [0.1, 0.15) is 32.1 Å². The van der Waals surface area contributed by atoms with Crippen molar-refractivity contribution in [2.24, 2.45) is 0 Å². The Labute approximate surface area is 96.2 Å². The standard InChI is InChI=1S/C11H19ClN2O/c12-7-11(15)13-9-3-2-6-14(8-9)10-4-1-5-10/h9-10H,1-8H2,(H,13,15). The molecule has 1 aliphatic heterocycles. The molecule has 1 amide bonds. The van der Waals surface area contributed by atoms with Gasteiger partial charge >= 0.3 is 0 Å². The van der Waals surface area contributed by atoms with E-state index in [1.807, 2.05) is 0 Å². The third-order valence-corrected chi connectivity index (χ3v) is 3.77. The highest BCUT2D eigenvalue weighted by atomic mass is 35.5. The van der Waals surface area contributed by atoms with Crippen LogP contribution in [0.5, 0.6) is 0 Å². The van der Waals surface area contributed by atoms with Gasteiger partial charge in [-0.05, 0) is 32.2 Å². The average Bonchev–Trinajstić information content (AvgIpc) is 2.15. The van der Waals surface area contributed by atoms with Crippen LogP contribution in [0.25, 0.3) is 0 Å². The summed E-state index contributed by atoms with van der Waals surface area (Å²) in [4.78, 5) is 13.7. The lowest BCUT2D eigenvalue weighted by Gasteiger charge is -2.42. The summed E-state index contributed by atoms with van der Waals surface area (Å²) in [6.07, 6.45) is 6.36. The summed E-state index contributed by atoms with van der Waals surface area (Å²) < 4.78 is 0. The summed E-state index contributed by atoms with van der Waals surface area (Å²) in [7, 11) is 0. The van der Waals surface area contributed by atoms with Crippen LogP contribution in [0.2, 0.25) is 0 Å². The second kappa shape index (κ2) is 5.17. The molecule has 0 bridgehead atoms.